The van der Waals surface area contributed by atoms with Gasteiger partial charge in [0.1, 0.15) is 0 Å². The van der Waals surface area contributed by atoms with Crippen molar-refractivity contribution in [1.29, 1.82) is 0 Å². The number of aromatic nitrogens is 1. The zero-order chi connectivity index (χ0) is 16.6. The van der Waals surface area contributed by atoms with Crippen molar-refractivity contribution in [3.63, 3.8) is 0 Å². The highest BCUT2D eigenvalue weighted by Crippen LogP contribution is 2.36. The van der Waals surface area contributed by atoms with Gasteiger partial charge in [0.15, 0.2) is 0 Å². The number of rotatable bonds is 2. The smallest absolute Gasteiger partial charge is 0.0738 e. The van der Waals surface area contributed by atoms with Gasteiger partial charge in [-0.15, -0.1) is 0 Å². The van der Waals surface area contributed by atoms with Crippen molar-refractivity contribution < 1.29 is 0 Å². The predicted octanol–water partition coefficient (Wildman–Crippen LogP) is 6.61. The van der Waals surface area contributed by atoms with Crippen molar-refractivity contribution in [3.05, 3.63) is 68.8 Å². The third kappa shape index (κ3) is 3.41. The van der Waals surface area contributed by atoms with Crippen molar-refractivity contribution >= 4 is 52.1 Å². The normalized spacial score (nSPS) is 10.8. The van der Waals surface area contributed by atoms with Gasteiger partial charge in [0.25, 0.3) is 0 Å². The fraction of sp³-hybridized carbons (Fsp3) is 0. The number of hydrogen-bond acceptors (Lipinski definition) is 2. The van der Waals surface area contributed by atoms with E-state index in [1.54, 1.807) is 48.7 Å². The van der Waals surface area contributed by atoms with Crippen molar-refractivity contribution in [2.45, 2.75) is 0 Å². The van der Waals surface area contributed by atoms with E-state index in [1.165, 1.54) is 0 Å². The van der Waals surface area contributed by atoms with Gasteiger partial charge < -0.3 is 5.73 Å². The van der Waals surface area contributed by atoms with E-state index in [4.69, 9.17) is 52.1 Å². The summed E-state index contributed by atoms with van der Waals surface area (Å²) in [5.74, 6) is 0. The van der Waals surface area contributed by atoms with Gasteiger partial charge >= 0.3 is 0 Å². The average molecular weight is 384 g/mol. The molecule has 0 saturated carbocycles. The Morgan fingerprint density at radius 2 is 1.26 bits per heavy atom. The largest absolute Gasteiger partial charge is 0.398 e. The maximum Gasteiger partial charge on any atom is 0.0738 e. The van der Waals surface area contributed by atoms with Crippen LogP contribution in [0.15, 0.2) is 48.7 Å². The fourth-order valence-corrected chi connectivity index (χ4v) is 3.02. The zero-order valence-corrected chi connectivity index (χ0v) is 14.7. The van der Waals surface area contributed by atoms with Crippen LogP contribution in [0.5, 0.6) is 0 Å². The second-order valence-corrected chi connectivity index (χ2v) is 6.59. The highest BCUT2D eigenvalue weighted by molar-refractivity contribution is 6.36. The molecule has 2 aromatic carbocycles. The van der Waals surface area contributed by atoms with Crippen LogP contribution in [-0.2, 0) is 0 Å². The number of hydrogen-bond donors (Lipinski definition) is 1. The summed E-state index contributed by atoms with van der Waals surface area (Å²) in [6, 6.07) is 12.1. The molecule has 0 aliphatic rings. The van der Waals surface area contributed by atoms with Crippen LogP contribution in [0.3, 0.4) is 0 Å². The summed E-state index contributed by atoms with van der Waals surface area (Å²) >= 11 is 24.5. The number of nitrogens with two attached hydrogens (primary N) is 1. The lowest BCUT2D eigenvalue weighted by molar-refractivity contribution is 1.33. The topological polar surface area (TPSA) is 38.9 Å². The van der Waals surface area contributed by atoms with Gasteiger partial charge in [0.2, 0.25) is 0 Å². The summed E-state index contributed by atoms with van der Waals surface area (Å²) in [5.41, 5.74) is 9.49. The van der Waals surface area contributed by atoms with E-state index < -0.39 is 0 Å². The standard InChI is InChI=1S/C17H10Cl4N2/c18-9-1-3-14(20)11(5-9)13-8-23-17(7-16(13)22)12-6-10(19)2-4-15(12)21/h1-8H,(H2,22,23). The summed E-state index contributed by atoms with van der Waals surface area (Å²) in [6.07, 6.45) is 1.65. The molecule has 0 fully saturated rings. The first-order chi connectivity index (χ1) is 11.0. The second-order valence-electron chi connectivity index (χ2n) is 4.91. The number of nitrogen functional groups attached to an aromatic ring is 1. The van der Waals surface area contributed by atoms with Crippen molar-refractivity contribution in [1.82, 2.24) is 4.98 Å². The van der Waals surface area contributed by atoms with Crippen molar-refractivity contribution in [3.8, 4) is 22.4 Å². The minimum absolute atomic E-state index is 0.523. The summed E-state index contributed by atoms with van der Waals surface area (Å²) in [7, 11) is 0. The van der Waals surface area contributed by atoms with Crippen LogP contribution in [-0.4, -0.2) is 4.98 Å². The van der Waals surface area contributed by atoms with Crippen molar-refractivity contribution in [2.75, 3.05) is 5.73 Å². The molecule has 3 aromatic rings. The van der Waals surface area contributed by atoms with E-state index in [-0.39, 0.29) is 0 Å². The quantitative estimate of drug-likeness (QED) is 0.540. The van der Waals surface area contributed by atoms with Crippen LogP contribution in [0.4, 0.5) is 5.69 Å². The lowest BCUT2D eigenvalue weighted by Crippen LogP contribution is -1.95. The van der Waals surface area contributed by atoms with Crippen LogP contribution in [0.1, 0.15) is 0 Å². The molecule has 2 N–H and O–H groups in total. The van der Waals surface area contributed by atoms with E-state index in [9.17, 15) is 0 Å². The lowest BCUT2D eigenvalue weighted by atomic mass is 10.0. The Labute approximate surface area is 153 Å². The number of halogens is 4. The number of benzene rings is 2. The van der Waals surface area contributed by atoms with Gasteiger partial charge in [-0.25, -0.2) is 0 Å². The molecule has 0 atom stereocenters. The summed E-state index contributed by atoms with van der Waals surface area (Å²) < 4.78 is 0. The summed E-state index contributed by atoms with van der Waals surface area (Å²) in [5, 5.41) is 2.25. The van der Waals surface area contributed by atoms with Gasteiger partial charge in [-0.2, -0.15) is 0 Å². The molecule has 1 aromatic heterocycles. The van der Waals surface area contributed by atoms with E-state index in [0.717, 1.165) is 11.1 Å². The number of nitrogens with zero attached hydrogens (tertiary/aromatic N) is 1. The van der Waals surface area contributed by atoms with Crippen LogP contribution in [0.2, 0.25) is 20.1 Å². The first kappa shape index (κ1) is 16.4. The molecule has 0 amide bonds. The highest BCUT2D eigenvalue weighted by atomic mass is 35.5. The van der Waals surface area contributed by atoms with Gasteiger partial charge in [0.05, 0.1) is 10.7 Å². The van der Waals surface area contributed by atoms with E-state index >= 15 is 0 Å². The molecule has 0 saturated heterocycles. The molecule has 0 radical (unpaired) electrons. The maximum atomic E-state index is 6.22. The van der Waals surface area contributed by atoms with Crippen LogP contribution in [0.25, 0.3) is 22.4 Å². The van der Waals surface area contributed by atoms with Crippen LogP contribution in [0, 0.1) is 0 Å². The first-order valence-corrected chi connectivity index (χ1v) is 8.13. The zero-order valence-electron chi connectivity index (χ0n) is 11.7. The molecular formula is C17H10Cl4N2. The molecule has 0 aliphatic carbocycles. The molecule has 0 bridgehead atoms. The van der Waals surface area contributed by atoms with Crippen LogP contribution < -0.4 is 5.73 Å². The van der Waals surface area contributed by atoms with Gasteiger partial charge in [-0.05, 0) is 42.5 Å². The minimum Gasteiger partial charge on any atom is -0.398 e. The minimum atomic E-state index is 0.523. The SMILES string of the molecule is Nc1cc(-c2cc(Cl)ccc2Cl)ncc1-c1cc(Cl)ccc1Cl. The Balaban J connectivity index is 2.11. The van der Waals surface area contributed by atoms with Crippen LogP contribution >= 0.6 is 46.4 Å². The summed E-state index contributed by atoms with van der Waals surface area (Å²) in [4.78, 5) is 4.43. The number of anilines is 1. The Morgan fingerprint density at radius 1 is 0.696 bits per heavy atom. The monoisotopic (exact) mass is 382 g/mol. The predicted molar refractivity (Wildman–Crippen MR) is 99.6 cm³/mol. The molecule has 0 aliphatic heterocycles. The highest BCUT2D eigenvalue weighted by Gasteiger charge is 2.12. The van der Waals surface area contributed by atoms with Gasteiger partial charge in [-0.3, -0.25) is 4.98 Å². The Morgan fingerprint density at radius 3 is 1.87 bits per heavy atom. The Kier molecular flexibility index (Phi) is 4.69. The first-order valence-electron chi connectivity index (χ1n) is 6.62. The van der Waals surface area contributed by atoms with Gasteiger partial charge in [0, 0.05) is 43.6 Å². The van der Waals surface area contributed by atoms with E-state index in [2.05, 4.69) is 4.98 Å². The third-order valence-electron chi connectivity index (χ3n) is 3.36. The third-order valence-corrected chi connectivity index (χ3v) is 4.49. The molecule has 1 heterocycles. The van der Waals surface area contributed by atoms with E-state index in [1.807, 2.05) is 0 Å². The second kappa shape index (κ2) is 6.58. The molecule has 3 rings (SSSR count). The lowest BCUT2D eigenvalue weighted by Gasteiger charge is -2.11. The van der Waals surface area contributed by atoms with Gasteiger partial charge in [-0.1, -0.05) is 46.4 Å². The molecule has 0 unspecified atom stereocenters. The molecule has 23 heavy (non-hydrogen) atoms. The maximum absolute atomic E-state index is 6.22. The van der Waals surface area contributed by atoms with Crippen molar-refractivity contribution in [2.24, 2.45) is 0 Å². The molecule has 0 spiro atoms. The molecule has 116 valence electrons. The molecule has 2 nitrogen and oxygen atoms in total. The van der Waals surface area contributed by atoms with E-state index in [0.29, 0.717) is 37.0 Å². The Hall–Kier alpha value is -1.45. The summed E-state index contributed by atoms with van der Waals surface area (Å²) in [6.45, 7) is 0. The Bertz CT molecular complexity index is 894. The fourth-order valence-electron chi connectivity index (χ4n) is 2.24. The number of pyridine rings is 1. The molecular weight excluding hydrogens is 374 g/mol. The average Bonchev–Trinajstić information content (AvgIpc) is 2.52. The molecule has 6 heteroatoms.